The van der Waals surface area contributed by atoms with Crippen molar-refractivity contribution in [3.8, 4) is 5.75 Å². The predicted molar refractivity (Wildman–Crippen MR) is 74.6 cm³/mol. The largest absolute Gasteiger partial charge is 0.497 e. The summed E-state index contributed by atoms with van der Waals surface area (Å²) in [6, 6.07) is 7.58. The molecule has 5 nitrogen and oxygen atoms in total. The summed E-state index contributed by atoms with van der Waals surface area (Å²) in [6.45, 7) is 4.44. The summed E-state index contributed by atoms with van der Waals surface area (Å²) in [4.78, 5) is 13.6. The van der Waals surface area contributed by atoms with Crippen LogP contribution in [-0.4, -0.2) is 41.5 Å². The molecule has 1 heterocycles. The zero-order valence-corrected chi connectivity index (χ0v) is 12.1. The van der Waals surface area contributed by atoms with Gasteiger partial charge in [-0.3, -0.25) is 4.90 Å². The molecule has 0 bridgehead atoms. The normalized spacial score (nSPS) is 23.6. The van der Waals surface area contributed by atoms with Crippen LogP contribution < -0.4 is 4.74 Å². The molecule has 0 aliphatic carbocycles. The summed E-state index contributed by atoms with van der Waals surface area (Å²) in [6.07, 6.45) is -0.314. The van der Waals surface area contributed by atoms with Gasteiger partial charge in [-0.15, -0.1) is 0 Å². The van der Waals surface area contributed by atoms with E-state index in [2.05, 4.69) is 0 Å². The van der Waals surface area contributed by atoms with Crippen LogP contribution in [0.4, 0.5) is 4.79 Å². The molecule has 1 aromatic carbocycles. The molecule has 1 aliphatic heterocycles. The Morgan fingerprint density at radius 2 is 2.10 bits per heavy atom. The van der Waals surface area contributed by atoms with E-state index in [-0.39, 0.29) is 6.09 Å². The van der Waals surface area contributed by atoms with Crippen molar-refractivity contribution in [3.63, 3.8) is 0 Å². The van der Waals surface area contributed by atoms with Crippen molar-refractivity contribution < 1.29 is 19.4 Å². The van der Waals surface area contributed by atoms with Gasteiger partial charge < -0.3 is 14.6 Å². The lowest BCUT2D eigenvalue weighted by Gasteiger charge is -2.33. The lowest BCUT2D eigenvalue weighted by atomic mass is 9.94. The molecule has 110 valence electrons. The van der Waals surface area contributed by atoms with Gasteiger partial charge in [0.05, 0.1) is 18.8 Å². The van der Waals surface area contributed by atoms with E-state index in [1.54, 1.807) is 18.9 Å². The van der Waals surface area contributed by atoms with Gasteiger partial charge in [0.15, 0.2) is 0 Å². The molecule has 1 saturated heterocycles. The number of benzene rings is 1. The molecule has 2 atom stereocenters. The number of ether oxygens (including phenoxy) is 2. The van der Waals surface area contributed by atoms with Crippen molar-refractivity contribution in [1.29, 1.82) is 0 Å². The van der Waals surface area contributed by atoms with Crippen LogP contribution in [0.25, 0.3) is 0 Å². The Balaban J connectivity index is 2.13. The molecule has 1 aromatic rings. The van der Waals surface area contributed by atoms with E-state index in [0.29, 0.717) is 19.6 Å². The van der Waals surface area contributed by atoms with Crippen molar-refractivity contribution in [1.82, 2.24) is 4.90 Å². The average molecular weight is 279 g/mol. The summed E-state index contributed by atoms with van der Waals surface area (Å²) in [5.74, 6) is 0.782. The molecule has 1 N–H and O–H groups in total. The summed E-state index contributed by atoms with van der Waals surface area (Å²) < 4.78 is 10.3. The first kappa shape index (κ1) is 14.7. The van der Waals surface area contributed by atoms with Crippen LogP contribution >= 0.6 is 0 Å². The highest BCUT2D eigenvalue weighted by Gasteiger charge is 2.44. The average Bonchev–Trinajstić information content (AvgIpc) is 2.67. The summed E-state index contributed by atoms with van der Waals surface area (Å²) in [5.41, 5.74) is 0.534. The molecular weight excluding hydrogens is 258 g/mol. The van der Waals surface area contributed by atoms with E-state index >= 15 is 0 Å². The Bertz CT molecular complexity index is 471. The van der Waals surface area contributed by atoms with Crippen LogP contribution in [0, 0.1) is 0 Å². The van der Waals surface area contributed by atoms with Gasteiger partial charge in [0.1, 0.15) is 12.4 Å². The summed E-state index contributed by atoms with van der Waals surface area (Å²) in [7, 11) is 1.62. The van der Waals surface area contributed by atoms with Gasteiger partial charge in [0, 0.05) is 6.54 Å². The number of hydrogen-bond acceptors (Lipinski definition) is 4. The number of aliphatic hydroxyl groups is 1. The van der Waals surface area contributed by atoms with Gasteiger partial charge in [-0.1, -0.05) is 12.1 Å². The van der Waals surface area contributed by atoms with Crippen molar-refractivity contribution in [2.45, 2.75) is 38.5 Å². The minimum atomic E-state index is -0.479. The highest BCUT2D eigenvalue weighted by molar-refractivity contribution is 5.71. The topological polar surface area (TPSA) is 59.0 Å². The first-order chi connectivity index (χ1) is 9.44. The van der Waals surface area contributed by atoms with Gasteiger partial charge >= 0.3 is 6.09 Å². The number of rotatable bonds is 5. The molecule has 20 heavy (non-hydrogen) atoms. The van der Waals surface area contributed by atoms with Gasteiger partial charge in [-0.2, -0.15) is 0 Å². The first-order valence-electron chi connectivity index (χ1n) is 6.70. The Morgan fingerprint density at radius 3 is 2.65 bits per heavy atom. The van der Waals surface area contributed by atoms with Crippen LogP contribution in [0.1, 0.15) is 25.8 Å². The number of nitrogens with zero attached hydrogens (tertiary/aromatic N) is 1. The van der Waals surface area contributed by atoms with Crippen LogP contribution in [0.5, 0.6) is 5.75 Å². The van der Waals surface area contributed by atoms with Gasteiger partial charge in [-0.25, -0.2) is 4.79 Å². The van der Waals surface area contributed by atoms with Crippen LogP contribution in [0.3, 0.4) is 0 Å². The molecule has 1 aliphatic rings. The third-order valence-corrected chi connectivity index (χ3v) is 3.61. The number of aliphatic hydroxyl groups excluding tert-OH is 1. The van der Waals surface area contributed by atoms with E-state index < -0.39 is 11.6 Å². The Labute approximate surface area is 119 Å². The zero-order chi connectivity index (χ0) is 14.8. The molecule has 2 rings (SSSR count). The van der Waals surface area contributed by atoms with Crippen molar-refractivity contribution in [2.24, 2.45) is 0 Å². The maximum Gasteiger partial charge on any atom is 0.410 e. The predicted octanol–water partition coefficient (Wildman–Crippen LogP) is 2.18. The Kier molecular flexibility index (Phi) is 4.18. The number of carbonyl (C=O) groups is 1. The van der Waals surface area contributed by atoms with Gasteiger partial charge in [0.25, 0.3) is 0 Å². The second-order valence-corrected chi connectivity index (χ2v) is 5.54. The highest BCUT2D eigenvalue weighted by Crippen LogP contribution is 2.30. The monoisotopic (exact) mass is 279 g/mol. The van der Waals surface area contributed by atoms with E-state index in [0.717, 1.165) is 11.3 Å². The van der Waals surface area contributed by atoms with E-state index in [9.17, 15) is 9.90 Å². The highest BCUT2D eigenvalue weighted by atomic mass is 16.6. The molecule has 0 aromatic heterocycles. The SMILES string of the molecule is COc1ccc(CN2C(=O)OC[C@]2(C)C[C@@H](C)O)cc1. The minimum Gasteiger partial charge on any atom is -0.497 e. The van der Waals surface area contributed by atoms with Gasteiger partial charge in [0.2, 0.25) is 0 Å². The second-order valence-electron chi connectivity index (χ2n) is 5.54. The molecule has 0 spiro atoms. The molecular formula is C15H21NO4. The fraction of sp³-hybridized carbons (Fsp3) is 0.533. The third kappa shape index (κ3) is 3.04. The molecule has 1 amide bonds. The summed E-state index contributed by atoms with van der Waals surface area (Å²) in [5, 5.41) is 9.61. The van der Waals surface area contributed by atoms with Crippen LogP contribution in [0.2, 0.25) is 0 Å². The standard InChI is InChI=1S/C15H21NO4/c1-11(17)8-15(2)10-20-14(18)16(15)9-12-4-6-13(19-3)7-5-12/h4-7,11,17H,8-10H2,1-3H3/t11-,15+/m1/s1. The Morgan fingerprint density at radius 1 is 1.45 bits per heavy atom. The molecule has 5 heteroatoms. The number of methoxy groups -OCH3 is 1. The Hall–Kier alpha value is -1.75. The third-order valence-electron chi connectivity index (χ3n) is 3.61. The van der Waals surface area contributed by atoms with Gasteiger partial charge in [-0.05, 0) is 38.0 Å². The van der Waals surface area contributed by atoms with E-state index in [4.69, 9.17) is 9.47 Å². The number of carbonyl (C=O) groups excluding carboxylic acids is 1. The van der Waals surface area contributed by atoms with E-state index in [1.807, 2.05) is 31.2 Å². The maximum atomic E-state index is 11.9. The van der Waals surface area contributed by atoms with E-state index in [1.165, 1.54) is 0 Å². The quantitative estimate of drug-likeness (QED) is 0.897. The first-order valence-corrected chi connectivity index (χ1v) is 6.70. The molecule has 0 radical (unpaired) electrons. The lowest BCUT2D eigenvalue weighted by molar-refractivity contribution is 0.0907. The number of cyclic esters (lactones) is 1. The molecule has 0 saturated carbocycles. The smallest absolute Gasteiger partial charge is 0.410 e. The number of hydrogen-bond donors (Lipinski definition) is 1. The molecule has 1 fully saturated rings. The second kappa shape index (κ2) is 5.71. The summed E-state index contributed by atoms with van der Waals surface area (Å²) >= 11 is 0. The lowest BCUT2D eigenvalue weighted by Crippen LogP contribution is -2.46. The van der Waals surface area contributed by atoms with Crippen LogP contribution in [-0.2, 0) is 11.3 Å². The van der Waals surface area contributed by atoms with Crippen LogP contribution in [0.15, 0.2) is 24.3 Å². The minimum absolute atomic E-state index is 0.312. The van der Waals surface area contributed by atoms with Crippen molar-refractivity contribution in [3.05, 3.63) is 29.8 Å². The van der Waals surface area contributed by atoms with Crippen molar-refractivity contribution >= 4 is 6.09 Å². The molecule has 0 unspecified atom stereocenters. The maximum absolute atomic E-state index is 11.9. The number of amides is 1. The van der Waals surface area contributed by atoms with Crippen molar-refractivity contribution in [2.75, 3.05) is 13.7 Å². The zero-order valence-electron chi connectivity index (χ0n) is 12.1. The fourth-order valence-corrected chi connectivity index (χ4v) is 2.57. The fourth-order valence-electron chi connectivity index (χ4n) is 2.57.